The van der Waals surface area contributed by atoms with Gasteiger partial charge in [0.2, 0.25) is 0 Å². The number of nitrogens with zero attached hydrogens (tertiary/aromatic N) is 3. The van der Waals surface area contributed by atoms with Crippen molar-refractivity contribution in [2.75, 3.05) is 0 Å². The van der Waals surface area contributed by atoms with Gasteiger partial charge in [0.25, 0.3) is 0 Å². The zero-order chi connectivity index (χ0) is 15.7. The van der Waals surface area contributed by atoms with E-state index in [-0.39, 0.29) is 10.9 Å². The summed E-state index contributed by atoms with van der Waals surface area (Å²) in [4.78, 5) is 19.7. The van der Waals surface area contributed by atoms with Gasteiger partial charge in [-0.15, -0.1) is 11.3 Å². The van der Waals surface area contributed by atoms with Gasteiger partial charge in [0.1, 0.15) is 15.5 Å². The fourth-order valence-corrected chi connectivity index (χ4v) is 2.98. The molecule has 1 unspecified atom stereocenters. The van der Waals surface area contributed by atoms with E-state index in [0.717, 1.165) is 16.3 Å². The van der Waals surface area contributed by atoms with E-state index in [1.54, 1.807) is 0 Å². The number of aryl methyl sites for hydroxylation is 1. The smallest absolute Gasteiger partial charge is 0.347 e. The number of thiazole rings is 1. The van der Waals surface area contributed by atoms with Crippen molar-refractivity contribution in [2.24, 2.45) is 0 Å². The second-order valence-corrected chi connectivity index (χ2v) is 6.22. The van der Waals surface area contributed by atoms with Gasteiger partial charge in [-0.3, -0.25) is 0 Å². The molecule has 2 N–H and O–H groups in total. The van der Waals surface area contributed by atoms with Gasteiger partial charge in [-0.25, -0.2) is 14.8 Å². The van der Waals surface area contributed by atoms with Gasteiger partial charge in [0.05, 0.1) is 24.1 Å². The largest absolute Gasteiger partial charge is 0.477 e. The van der Waals surface area contributed by atoms with Crippen LogP contribution in [0.2, 0.25) is 0 Å². The van der Waals surface area contributed by atoms with Crippen molar-refractivity contribution >= 4 is 23.0 Å². The third-order valence-electron chi connectivity index (χ3n) is 3.42. The molecule has 0 radical (unpaired) electrons. The van der Waals surface area contributed by atoms with Crippen LogP contribution in [0.25, 0.3) is 5.65 Å². The highest BCUT2D eigenvalue weighted by molar-refractivity contribution is 7.13. The van der Waals surface area contributed by atoms with E-state index >= 15 is 0 Å². The molecule has 6 nitrogen and oxygen atoms in total. The molecule has 0 aliphatic carbocycles. The summed E-state index contributed by atoms with van der Waals surface area (Å²) < 4.78 is 2.06. The Morgan fingerprint density at radius 2 is 2.23 bits per heavy atom. The number of carbonyl (C=O) groups is 1. The van der Waals surface area contributed by atoms with Crippen LogP contribution in [0.3, 0.4) is 0 Å². The average Bonchev–Trinajstić information content (AvgIpc) is 3.11. The molecule has 0 saturated heterocycles. The van der Waals surface area contributed by atoms with E-state index in [0.29, 0.717) is 6.54 Å². The molecular formula is C15H16N4O2S. The summed E-state index contributed by atoms with van der Waals surface area (Å²) >= 11 is 1.20. The zero-order valence-corrected chi connectivity index (χ0v) is 13.1. The predicted octanol–water partition coefficient (Wildman–Crippen LogP) is 2.65. The number of carboxylic acids is 1. The molecule has 7 heteroatoms. The molecule has 0 aliphatic rings. The molecular weight excluding hydrogens is 300 g/mol. The quantitative estimate of drug-likeness (QED) is 0.756. The minimum atomic E-state index is -0.937. The Morgan fingerprint density at radius 1 is 1.41 bits per heavy atom. The second kappa shape index (κ2) is 5.86. The van der Waals surface area contributed by atoms with Crippen LogP contribution in [-0.2, 0) is 6.54 Å². The maximum Gasteiger partial charge on any atom is 0.347 e. The summed E-state index contributed by atoms with van der Waals surface area (Å²) in [5.41, 5.74) is 3.14. The molecule has 0 aliphatic heterocycles. The van der Waals surface area contributed by atoms with E-state index in [1.165, 1.54) is 23.1 Å². The van der Waals surface area contributed by atoms with Crippen LogP contribution in [0.1, 0.15) is 38.9 Å². The second-order valence-electron chi connectivity index (χ2n) is 5.15. The van der Waals surface area contributed by atoms with Gasteiger partial charge in [-0.1, -0.05) is 6.07 Å². The van der Waals surface area contributed by atoms with E-state index in [9.17, 15) is 4.79 Å². The Hall–Kier alpha value is -2.25. The molecule has 0 amide bonds. The van der Waals surface area contributed by atoms with Gasteiger partial charge >= 0.3 is 5.97 Å². The number of rotatable bonds is 5. The molecule has 0 bridgehead atoms. The van der Waals surface area contributed by atoms with Gasteiger partial charge < -0.3 is 14.8 Å². The Labute approximate surface area is 131 Å². The van der Waals surface area contributed by atoms with E-state index in [4.69, 9.17) is 5.11 Å². The number of imidazole rings is 1. The summed E-state index contributed by atoms with van der Waals surface area (Å²) in [6, 6.07) is 4.00. The molecule has 114 valence electrons. The van der Waals surface area contributed by atoms with E-state index in [2.05, 4.69) is 25.9 Å². The normalized spacial score (nSPS) is 12.6. The van der Waals surface area contributed by atoms with Crippen molar-refractivity contribution < 1.29 is 9.90 Å². The maximum atomic E-state index is 10.9. The van der Waals surface area contributed by atoms with Crippen molar-refractivity contribution in [1.82, 2.24) is 19.7 Å². The summed E-state index contributed by atoms with van der Waals surface area (Å²) in [6.45, 7) is 4.65. The molecule has 3 rings (SSSR count). The van der Waals surface area contributed by atoms with E-state index < -0.39 is 5.97 Å². The molecule has 22 heavy (non-hydrogen) atoms. The SMILES string of the molecule is Cc1ccc2ncc(CNC(C)c3ncc(C(=O)O)s3)n2c1. The van der Waals surface area contributed by atoms with Crippen LogP contribution in [0, 0.1) is 6.92 Å². The summed E-state index contributed by atoms with van der Waals surface area (Å²) in [7, 11) is 0. The van der Waals surface area contributed by atoms with Gasteiger partial charge in [-0.05, 0) is 25.5 Å². The van der Waals surface area contributed by atoms with E-state index in [1.807, 2.05) is 32.2 Å². The minimum Gasteiger partial charge on any atom is -0.477 e. The average molecular weight is 316 g/mol. The van der Waals surface area contributed by atoms with Crippen LogP contribution >= 0.6 is 11.3 Å². The number of aromatic carboxylic acids is 1. The minimum absolute atomic E-state index is 0.0199. The number of carboxylic acid groups (broad SMARTS) is 1. The van der Waals surface area contributed by atoms with Gasteiger partial charge in [0, 0.05) is 12.7 Å². The Bertz CT molecular complexity index is 824. The molecule has 0 aromatic carbocycles. The molecule has 0 spiro atoms. The fraction of sp³-hybridized carbons (Fsp3) is 0.267. The number of nitrogens with one attached hydrogen (secondary N) is 1. The summed E-state index contributed by atoms with van der Waals surface area (Å²) in [6.07, 6.45) is 5.30. The number of fused-ring (bicyclic) bond motifs is 1. The van der Waals surface area contributed by atoms with Crippen molar-refractivity contribution in [3.8, 4) is 0 Å². The van der Waals surface area contributed by atoms with Crippen LogP contribution in [0.15, 0.2) is 30.7 Å². The summed E-state index contributed by atoms with van der Waals surface area (Å²) in [5, 5.41) is 13.1. The predicted molar refractivity (Wildman–Crippen MR) is 84.3 cm³/mol. The van der Waals surface area contributed by atoms with Crippen molar-refractivity contribution in [3.05, 3.63) is 51.9 Å². The van der Waals surface area contributed by atoms with Crippen LogP contribution in [0.4, 0.5) is 0 Å². The molecule has 3 aromatic rings. The maximum absolute atomic E-state index is 10.9. The number of aromatic nitrogens is 3. The molecule has 0 fully saturated rings. The lowest BCUT2D eigenvalue weighted by Gasteiger charge is -2.11. The number of hydrogen-bond donors (Lipinski definition) is 2. The van der Waals surface area contributed by atoms with Gasteiger partial charge in [-0.2, -0.15) is 0 Å². The highest BCUT2D eigenvalue weighted by Gasteiger charge is 2.14. The third kappa shape index (κ3) is 2.86. The number of pyridine rings is 1. The van der Waals surface area contributed by atoms with Crippen molar-refractivity contribution in [3.63, 3.8) is 0 Å². The first-order valence-corrected chi connectivity index (χ1v) is 7.71. The Balaban J connectivity index is 1.72. The monoisotopic (exact) mass is 316 g/mol. The highest BCUT2D eigenvalue weighted by Crippen LogP contribution is 2.20. The van der Waals surface area contributed by atoms with Crippen LogP contribution < -0.4 is 5.32 Å². The lowest BCUT2D eigenvalue weighted by atomic mass is 10.3. The van der Waals surface area contributed by atoms with Crippen molar-refractivity contribution in [2.45, 2.75) is 26.4 Å². The fourth-order valence-electron chi connectivity index (χ4n) is 2.20. The molecule has 3 heterocycles. The summed E-state index contributed by atoms with van der Waals surface area (Å²) in [5.74, 6) is -0.937. The molecule has 0 saturated carbocycles. The highest BCUT2D eigenvalue weighted by atomic mass is 32.1. The van der Waals surface area contributed by atoms with Crippen molar-refractivity contribution in [1.29, 1.82) is 0 Å². The Kier molecular flexibility index (Phi) is 3.91. The first-order valence-electron chi connectivity index (χ1n) is 6.89. The van der Waals surface area contributed by atoms with Crippen LogP contribution in [-0.4, -0.2) is 25.4 Å². The van der Waals surface area contributed by atoms with Crippen LogP contribution in [0.5, 0.6) is 0 Å². The number of hydrogen-bond acceptors (Lipinski definition) is 5. The lowest BCUT2D eigenvalue weighted by Crippen LogP contribution is -2.18. The standard InChI is InChI=1S/C15H16N4O2S/c1-9-3-4-13-17-6-11(19(13)8-9)5-16-10(2)14-18-7-12(22-14)15(20)21/h3-4,6-8,10,16H,5H2,1-2H3,(H,20,21). The topological polar surface area (TPSA) is 79.5 Å². The molecule has 1 atom stereocenters. The zero-order valence-electron chi connectivity index (χ0n) is 12.3. The first kappa shape index (κ1) is 14.7. The Morgan fingerprint density at radius 3 is 2.95 bits per heavy atom. The lowest BCUT2D eigenvalue weighted by molar-refractivity contribution is 0.0702. The third-order valence-corrected chi connectivity index (χ3v) is 4.59. The molecule has 3 aromatic heterocycles. The first-order chi connectivity index (χ1) is 10.5. The van der Waals surface area contributed by atoms with Gasteiger partial charge in [0.15, 0.2) is 0 Å².